The van der Waals surface area contributed by atoms with Crippen LogP contribution in [-0.2, 0) is 30.4 Å². The van der Waals surface area contributed by atoms with Crippen molar-refractivity contribution in [3.8, 4) is 0 Å². The predicted octanol–water partition coefficient (Wildman–Crippen LogP) is -1.15. The predicted molar refractivity (Wildman–Crippen MR) is 141 cm³/mol. The van der Waals surface area contributed by atoms with Crippen LogP contribution in [0.2, 0.25) is 0 Å². The van der Waals surface area contributed by atoms with Crippen LogP contribution in [-0.4, -0.2) is 77.4 Å². The Kier molecular flexibility index (Phi) is 14.9. The number of carboxylic acids is 1. The standard InChI is InChI=1S/C24H38N6O6S/c1-37-12-10-17(22(33)30-19(24(35)36)13-15-7-3-2-4-8-15)28-23(34)18(14-20(27)31)29-21(32)16(26)9-5-6-11-25/h2-4,7-8,16-19H,5-6,9-14,25-26H2,1H3,(H2,27,31)(H,28,34)(H,29,32)(H,30,33)(H,35,36). The molecule has 0 aliphatic carbocycles. The van der Waals surface area contributed by atoms with Crippen LogP contribution in [0.15, 0.2) is 30.3 Å². The van der Waals surface area contributed by atoms with Crippen LogP contribution in [0.3, 0.4) is 0 Å². The molecule has 4 amide bonds. The maximum atomic E-state index is 13.0. The molecule has 37 heavy (non-hydrogen) atoms. The monoisotopic (exact) mass is 538 g/mol. The van der Waals surface area contributed by atoms with Crippen molar-refractivity contribution in [2.45, 2.75) is 62.7 Å². The maximum absolute atomic E-state index is 13.0. The molecule has 4 unspecified atom stereocenters. The summed E-state index contributed by atoms with van der Waals surface area (Å²) in [5.74, 6) is -3.73. The molecular formula is C24H38N6O6S. The van der Waals surface area contributed by atoms with Crippen molar-refractivity contribution in [1.29, 1.82) is 0 Å². The minimum absolute atomic E-state index is 0.0491. The molecule has 1 aromatic rings. The number of thioether (sulfide) groups is 1. The van der Waals surface area contributed by atoms with Crippen LogP contribution < -0.4 is 33.2 Å². The largest absolute Gasteiger partial charge is 0.480 e. The molecule has 12 nitrogen and oxygen atoms in total. The van der Waals surface area contributed by atoms with Crippen molar-refractivity contribution >= 4 is 41.4 Å². The highest BCUT2D eigenvalue weighted by Crippen LogP contribution is 2.07. The van der Waals surface area contributed by atoms with E-state index in [2.05, 4.69) is 16.0 Å². The van der Waals surface area contributed by atoms with Gasteiger partial charge in [0.15, 0.2) is 0 Å². The highest BCUT2D eigenvalue weighted by molar-refractivity contribution is 7.98. The first-order valence-electron chi connectivity index (χ1n) is 12.0. The molecule has 0 fully saturated rings. The number of carbonyl (C=O) groups is 5. The smallest absolute Gasteiger partial charge is 0.326 e. The second kappa shape index (κ2) is 17.3. The lowest BCUT2D eigenvalue weighted by Gasteiger charge is -2.25. The fraction of sp³-hybridized carbons (Fsp3) is 0.542. The molecule has 4 atom stereocenters. The third kappa shape index (κ3) is 12.6. The van der Waals surface area contributed by atoms with Crippen molar-refractivity contribution < 1.29 is 29.1 Å². The second-order valence-corrected chi connectivity index (χ2v) is 9.54. The summed E-state index contributed by atoms with van der Waals surface area (Å²) in [5.41, 5.74) is 17.3. The normalized spacial score (nSPS) is 14.0. The zero-order valence-electron chi connectivity index (χ0n) is 21.0. The number of carboxylic acid groups (broad SMARTS) is 1. The Balaban J connectivity index is 2.94. The molecule has 0 aliphatic rings. The Morgan fingerprint density at radius 3 is 2.05 bits per heavy atom. The molecule has 1 rings (SSSR count). The number of hydrogen-bond acceptors (Lipinski definition) is 8. The van der Waals surface area contributed by atoms with Gasteiger partial charge in [-0.25, -0.2) is 4.79 Å². The summed E-state index contributed by atoms with van der Waals surface area (Å²) in [7, 11) is 0. The summed E-state index contributed by atoms with van der Waals surface area (Å²) in [5, 5.41) is 17.0. The summed E-state index contributed by atoms with van der Waals surface area (Å²) in [6, 6.07) is 4.19. The van der Waals surface area contributed by atoms with E-state index in [1.807, 2.05) is 6.26 Å². The average molecular weight is 539 g/mol. The van der Waals surface area contributed by atoms with Gasteiger partial charge in [0.05, 0.1) is 12.5 Å². The van der Waals surface area contributed by atoms with Crippen LogP contribution in [0, 0.1) is 0 Å². The number of rotatable bonds is 18. The van der Waals surface area contributed by atoms with Gasteiger partial charge in [0.2, 0.25) is 23.6 Å². The zero-order chi connectivity index (χ0) is 27.8. The molecule has 0 radical (unpaired) electrons. The number of hydrogen-bond donors (Lipinski definition) is 7. The molecule has 0 aliphatic heterocycles. The summed E-state index contributed by atoms with van der Waals surface area (Å²) in [6.07, 6.45) is 3.18. The zero-order valence-corrected chi connectivity index (χ0v) is 21.8. The van der Waals surface area contributed by atoms with E-state index in [9.17, 15) is 29.1 Å². The first kappa shape index (κ1) is 31.9. The molecule has 0 heterocycles. The van der Waals surface area contributed by atoms with E-state index in [1.165, 1.54) is 11.8 Å². The lowest BCUT2D eigenvalue weighted by molar-refractivity contribution is -0.142. The number of nitrogens with one attached hydrogen (secondary N) is 3. The van der Waals surface area contributed by atoms with Crippen molar-refractivity contribution in [3.63, 3.8) is 0 Å². The Labute approximate surface area is 220 Å². The van der Waals surface area contributed by atoms with Gasteiger partial charge in [0.25, 0.3) is 0 Å². The van der Waals surface area contributed by atoms with Crippen LogP contribution >= 0.6 is 11.8 Å². The molecule has 10 N–H and O–H groups in total. The van der Waals surface area contributed by atoms with Crippen molar-refractivity contribution in [2.24, 2.45) is 17.2 Å². The molecule has 0 spiro atoms. The van der Waals surface area contributed by atoms with E-state index in [4.69, 9.17) is 17.2 Å². The molecule has 0 aromatic heterocycles. The third-order valence-electron chi connectivity index (χ3n) is 5.49. The van der Waals surface area contributed by atoms with E-state index in [0.717, 1.165) is 0 Å². The Bertz CT molecular complexity index is 903. The molecule has 0 saturated carbocycles. The number of primary amides is 1. The summed E-state index contributed by atoms with van der Waals surface area (Å²) < 4.78 is 0. The van der Waals surface area contributed by atoms with E-state index < -0.39 is 60.2 Å². The van der Waals surface area contributed by atoms with Gasteiger partial charge in [-0.15, -0.1) is 0 Å². The minimum atomic E-state index is -1.35. The van der Waals surface area contributed by atoms with Gasteiger partial charge < -0.3 is 38.3 Å². The first-order chi connectivity index (χ1) is 17.6. The minimum Gasteiger partial charge on any atom is -0.480 e. The maximum Gasteiger partial charge on any atom is 0.326 e. The first-order valence-corrected chi connectivity index (χ1v) is 13.4. The number of amides is 4. The van der Waals surface area contributed by atoms with Gasteiger partial charge in [-0.1, -0.05) is 36.8 Å². The van der Waals surface area contributed by atoms with E-state index in [-0.39, 0.29) is 12.8 Å². The number of aliphatic carboxylic acids is 1. The van der Waals surface area contributed by atoms with Crippen LogP contribution in [0.5, 0.6) is 0 Å². The van der Waals surface area contributed by atoms with Crippen molar-refractivity contribution in [2.75, 3.05) is 18.6 Å². The quantitative estimate of drug-likeness (QED) is 0.112. The topological polar surface area (TPSA) is 220 Å². The van der Waals surface area contributed by atoms with Gasteiger partial charge in [-0.2, -0.15) is 11.8 Å². The lowest BCUT2D eigenvalue weighted by Crippen LogP contribution is -2.58. The number of benzene rings is 1. The SMILES string of the molecule is CSCCC(NC(=O)C(CC(N)=O)NC(=O)C(N)CCCCN)C(=O)NC(Cc1ccccc1)C(=O)O. The highest BCUT2D eigenvalue weighted by atomic mass is 32.2. The Morgan fingerprint density at radius 1 is 0.892 bits per heavy atom. The Hall–Kier alpha value is -3.16. The fourth-order valence-corrected chi connectivity index (χ4v) is 3.90. The number of unbranched alkanes of at least 4 members (excludes halogenated alkanes) is 1. The Morgan fingerprint density at radius 2 is 1.49 bits per heavy atom. The summed E-state index contributed by atoms with van der Waals surface area (Å²) >= 11 is 1.43. The molecule has 206 valence electrons. The molecule has 13 heteroatoms. The average Bonchev–Trinajstić information content (AvgIpc) is 2.85. The van der Waals surface area contributed by atoms with E-state index >= 15 is 0 Å². The highest BCUT2D eigenvalue weighted by Gasteiger charge is 2.31. The van der Waals surface area contributed by atoms with Crippen LogP contribution in [0.1, 0.15) is 37.7 Å². The summed E-state index contributed by atoms with van der Waals surface area (Å²) in [4.78, 5) is 61.8. The van der Waals surface area contributed by atoms with Crippen LogP contribution in [0.25, 0.3) is 0 Å². The lowest BCUT2D eigenvalue weighted by atomic mass is 10.0. The van der Waals surface area contributed by atoms with Gasteiger partial charge in [0, 0.05) is 6.42 Å². The molecule has 0 bridgehead atoms. The van der Waals surface area contributed by atoms with Crippen molar-refractivity contribution in [3.05, 3.63) is 35.9 Å². The van der Waals surface area contributed by atoms with Gasteiger partial charge in [0.1, 0.15) is 18.1 Å². The fourth-order valence-electron chi connectivity index (χ4n) is 3.43. The number of nitrogens with two attached hydrogens (primary N) is 3. The van der Waals surface area contributed by atoms with Crippen LogP contribution in [0.4, 0.5) is 0 Å². The van der Waals surface area contributed by atoms with Gasteiger partial charge in [-0.05, 0) is 43.4 Å². The third-order valence-corrected chi connectivity index (χ3v) is 6.13. The number of carbonyl (C=O) groups excluding carboxylic acids is 4. The molecule has 1 aromatic carbocycles. The van der Waals surface area contributed by atoms with Gasteiger partial charge in [-0.3, -0.25) is 19.2 Å². The van der Waals surface area contributed by atoms with E-state index in [1.54, 1.807) is 30.3 Å². The molecular weight excluding hydrogens is 500 g/mol. The second-order valence-electron chi connectivity index (χ2n) is 8.55. The van der Waals surface area contributed by atoms with E-state index in [0.29, 0.717) is 37.1 Å². The van der Waals surface area contributed by atoms with Gasteiger partial charge >= 0.3 is 5.97 Å². The van der Waals surface area contributed by atoms with Crippen molar-refractivity contribution in [1.82, 2.24) is 16.0 Å². The molecule has 0 saturated heterocycles. The summed E-state index contributed by atoms with van der Waals surface area (Å²) in [6.45, 7) is 0.453.